The van der Waals surface area contributed by atoms with Gasteiger partial charge >= 0.3 is 0 Å². The molecule has 2 aliphatic heterocycles. The van der Waals surface area contributed by atoms with E-state index in [1.807, 2.05) is 18.7 Å². The SMILES string of the molecule is CCc1ccc(C2CNCCN2C(=O)C2CCCN(C(=O)C(C)CC)C2)cc1. The highest BCUT2D eigenvalue weighted by atomic mass is 16.2. The number of carbonyl (C=O) groups excluding carboxylic acids is 2. The summed E-state index contributed by atoms with van der Waals surface area (Å²) in [5, 5.41) is 3.44. The Balaban J connectivity index is 1.72. The van der Waals surface area contributed by atoms with Crippen LogP contribution in [-0.4, -0.2) is 54.3 Å². The first-order chi connectivity index (χ1) is 13.5. The molecule has 1 aromatic carbocycles. The zero-order valence-electron chi connectivity index (χ0n) is 17.6. The quantitative estimate of drug-likeness (QED) is 0.848. The van der Waals surface area contributed by atoms with E-state index in [9.17, 15) is 9.59 Å². The van der Waals surface area contributed by atoms with E-state index in [1.165, 1.54) is 11.1 Å². The van der Waals surface area contributed by atoms with E-state index in [0.717, 1.165) is 51.9 Å². The van der Waals surface area contributed by atoms with Gasteiger partial charge in [-0.05, 0) is 36.8 Å². The summed E-state index contributed by atoms with van der Waals surface area (Å²) in [5.41, 5.74) is 2.51. The number of piperidine rings is 1. The van der Waals surface area contributed by atoms with Crippen molar-refractivity contribution < 1.29 is 9.59 Å². The van der Waals surface area contributed by atoms with Crippen molar-refractivity contribution in [2.45, 2.75) is 52.5 Å². The molecule has 2 fully saturated rings. The predicted octanol–water partition coefficient (Wildman–Crippen LogP) is 3.01. The summed E-state index contributed by atoms with van der Waals surface area (Å²) in [7, 11) is 0. The number of amides is 2. The van der Waals surface area contributed by atoms with Crippen LogP contribution in [0.1, 0.15) is 57.2 Å². The fourth-order valence-electron chi connectivity index (χ4n) is 4.34. The van der Waals surface area contributed by atoms with Crippen molar-refractivity contribution in [1.29, 1.82) is 0 Å². The van der Waals surface area contributed by atoms with Gasteiger partial charge in [-0.2, -0.15) is 0 Å². The fourth-order valence-corrected chi connectivity index (χ4v) is 4.34. The topological polar surface area (TPSA) is 52.7 Å². The summed E-state index contributed by atoms with van der Waals surface area (Å²) in [6.07, 6.45) is 3.67. The third kappa shape index (κ3) is 4.57. The lowest BCUT2D eigenvalue weighted by molar-refractivity contribution is -0.144. The number of hydrogen-bond acceptors (Lipinski definition) is 3. The lowest BCUT2D eigenvalue weighted by Gasteiger charge is -2.41. The molecule has 5 heteroatoms. The van der Waals surface area contributed by atoms with Crippen molar-refractivity contribution in [3.8, 4) is 0 Å². The molecule has 0 bridgehead atoms. The normalized spacial score (nSPS) is 24.1. The van der Waals surface area contributed by atoms with Gasteiger partial charge in [0, 0.05) is 38.6 Å². The monoisotopic (exact) mass is 385 g/mol. The van der Waals surface area contributed by atoms with Crippen LogP contribution in [0.2, 0.25) is 0 Å². The molecule has 3 atom stereocenters. The van der Waals surface area contributed by atoms with Gasteiger partial charge in [-0.25, -0.2) is 0 Å². The van der Waals surface area contributed by atoms with Crippen LogP contribution in [0.5, 0.6) is 0 Å². The van der Waals surface area contributed by atoms with Crippen LogP contribution in [0.3, 0.4) is 0 Å². The molecule has 2 amide bonds. The molecule has 0 saturated carbocycles. The van der Waals surface area contributed by atoms with Gasteiger partial charge in [-0.15, -0.1) is 0 Å². The van der Waals surface area contributed by atoms with E-state index in [4.69, 9.17) is 0 Å². The van der Waals surface area contributed by atoms with Crippen molar-refractivity contribution in [3.05, 3.63) is 35.4 Å². The molecule has 154 valence electrons. The van der Waals surface area contributed by atoms with E-state index in [2.05, 4.69) is 41.4 Å². The summed E-state index contributed by atoms with van der Waals surface area (Å²) in [4.78, 5) is 30.0. The maximum atomic E-state index is 13.4. The number of aryl methyl sites for hydroxylation is 1. The molecular formula is C23H35N3O2. The van der Waals surface area contributed by atoms with Gasteiger partial charge < -0.3 is 15.1 Å². The van der Waals surface area contributed by atoms with Crippen molar-refractivity contribution in [2.75, 3.05) is 32.7 Å². The number of hydrogen-bond donors (Lipinski definition) is 1. The zero-order valence-corrected chi connectivity index (χ0v) is 17.6. The Morgan fingerprint density at radius 1 is 1.18 bits per heavy atom. The molecule has 2 heterocycles. The van der Waals surface area contributed by atoms with Gasteiger partial charge in [0.05, 0.1) is 12.0 Å². The maximum absolute atomic E-state index is 13.4. The summed E-state index contributed by atoms with van der Waals surface area (Å²) in [6.45, 7) is 9.91. The first-order valence-corrected chi connectivity index (χ1v) is 10.9. The Labute approximate surface area is 169 Å². The van der Waals surface area contributed by atoms with Crippen molar-refractivity contribution >= 4 is 11.8 Å². The third-order valence-corrected chi connectivity index (χ3v) is 6.42. The Hall–Kier alpha value is -1.88. The smallest absolute Gasteiger partial charge is 0.228 e. The van der Waals surface area contributed by atoms with E-state index in [-0.39, 0.29) is 29.7 Å². The Kier molecular flexibility index (Phi) is 7.11. The highest BCUT2D eigenvalue weighted by Crippen LogP contribution is 2.28. The van der Waals surface area contributed by atoms with E-state index in [1.54, 1.807) is 0 Å². The molecule has 2 aliphatic rings. The minimum atomic E-state index is -0.0720. The first-order valence-electron chi connectivity index (χ1n) is 10.9. The Morgan fingerprint density at radius 3 is 2.61 bits per heavy atom. The highest BCUT2D eigenvalue weighted by Gasteiger charge is 2.36. The molecule has 5 nitrogen and oxygen atoms in total. The van der Waals surface area contributed by atoms with Gasteiger partial charge in [0.25, 0.3) is 0 Å². The van der Waals surface area contributed by atoms with Gasteiger partial charge in [0.15, 0.2) is 0 Å². The standard InChI is InChI=1S/C23H35N3O2/c1-4-17(3)22(27)25-13-6-7-20(16-25)23(28)26-14-12-24-15-21(26)19-10-8-18(5-2)9-11-19/h8-11,17,20-21,24H,4-7,12-16H2,1-3H3. The maximum Gasteiger partial charge on any atom is 0.228 e. The summed E-state index contributed by atoms with van der Waals surface area (Å²) in [5.74, 6) is 0.384. The number of piperazine rings is 1. The van der Waals surface area contributed by atoms with Gasteiger partial charge in [-0.3, -0.25) is 9.59 Å². The summed E-state index contributed by atoms with van der Waals surface area (Å²) in [6, 6.07) is 8.74. The molecule has 1 N–H and O–H groups in total. The van der Waals surface area contributed by atoms with Crippen LogP contribution < -0.4 is 5.32 Å². The molecule has 0 aliphatic carbocycles. The van der Waals surface area contributed by atoms with Gasteiger partial charge in [0.1, 0.15) is 0 Å². The molecule has 28 heavy (non-hydrogen) atoms. The lowest BCUT2D eigenvalue weighted by atomic mass is 9.93. The van der Waals surface area contributed by atoms with Crippen molar-refractivity contribution in [2.24, 2.45) is 11.8 Å². The number of rotatable bonds is 5. The van der Waals surface area contributed by atoms with Crippen molar-refractivity contribution in [3.63, 3.8) is 0 Å². The van der Waals surface area contributed by atoms with Crippen LogP contribution in [0.4, 0.5) is 0 Å². The summed E-state index contributed by atoms with van der Waals surface area (Å²) < 4.78 is 0. The zero-order chi connectivity index (χ0) is 20.1. The number of likely N-dealkylation sites (tertiary alicyclic amines) is 1. The Morgan fingerprint density at radius 2 is 1.93 bits per heavy atom. The average Bonchev–Trinajstić information content (AvgIpc) is 2.77. The molecule has 0 spiro atoms. The lowest BCUT2D eigenvalue weighted by Crippen LogP contribution is -2.53. The highest BCUT2D eigenvalue weighted by molar-refractivity contribution is 5.82. The fraction of sp³-hybridized carbons (Fsp3) is 0.652. The molecular weight excluding hydrogens is 350 g/mol. The molecule has 2 saturated heterocycles. The van der Waals surface area contributed by atoms with Gasteiger partial charge in [-0.1, -0.05) is 45.0 Å². The van der Waals surface area contributed by atoms with E-state index in [0.29, 0.717) is 6.54 Å². The second kappa shape index (κ2) is 9.55. The molecule has 0 aromatic heterocycles. The summed E-state index contributed by atoms with van der Waals surface area (Å²) >= 11 is 0. The second-order valence-corrected chi connectivity index (χ2v) is 8.28. The molecule has 1 aromatic rings. The molecule has 3 unspecified atom stereocenters. The molecule has 0 radical (unpaired) electrons. The third-order valence-electron chi connectivity index (χ3n) is 6.42. The number of nitrogens with one attached hydrogen (secondary N) is 1. The van der Waals surface area contributed by atoms with E-state index < -0.39 is 0 Å². The van der Waals surface area contributed by atoms with Crippen LogP contribution in [-0.2, 0) is 16.0 Å². The average molecular weight is 386 g/mol. The van der Waals surface area contributed by atoms with Crippen LogP contribution in [0.25, 0.3) is 0 Å². The second-order valence-electron chi connectivity index (χ2n) is 8.28. The van der Waals surface area contributed by atoms with Gasteiger partial charge in [0.2, 0.25) is 11.8 Å². The largest absolute Gasteiger partial charge is 0.342 e. The minimum absolute atomic E-state index is 0.0397. The van der Waals surface area contributed by atoms with Crippen LogP contribution in [0.15, 0.2) is 24.3 Å². The minimum Gasteiger partial charge on any atom is -0.342 e. The van der Waals surface area contributed by atoms with E-state index >= 15 is 0 Å². The number of nitrogens with zero attached hydrogens (tertiary/aromatic N) is 2. The van der Waals surface area contributed by atoms with Crippen molar-refractivity contribution in [1.82, 2.24) is 15.1 Å². The predicted molar refractivity (Wildman–Crippen MR) is 112 cm³/mol. The van der Waals surface area contributed by atoms with Crippen LogP contribution in [0, 0.1) is 11.8 Å². The first kappa shape index (κ1) is 20.8. The number of benzene rings is 1. The Bertz CT molecular complexity index is 673. The van der Waals surface area contributed by atoms with Crippen LogP contribution >= 0.6 is 0 Å². The molecule has 3 rings (SSSR count). The number of carbonyl (C=O) groups is 2.